The number of anilines is 2. The number of benzene rings is 1. The smallest absolute Gasteiger partial charge is 0.221 e. The van der Waals surface area contributed by atoms with Gasteiger partial charge >= 0.3 is 0 Å². The quantitative estimate of drug-likeness (QED) is 0.537. The molecular weight excluding hydrogens is 360 g/mol. The number of amides is 1. The number of fused-ring (bicyclic) bond motifs is 1. The highest BCUT2D eigenvalue weighted by atomic mass is 32.1. The highest BCUT2D eigenvalue weighted by molar-refractivity contribution is 7.20. The third-order valence-corrected chi connectivity index (χ3v) is 4.88. The SMILES string of the molecule is CC(=O)Nc1cccc(-c2cnc3sc(NCCc4ccncc4)nn23)c1. The fraction of sp³-hybridized carbons (Fsp3) is 0.158. The maximum absolute atomic E-state index is 11.3. The largest absolute Gasteiger partial charge is 0.360 e. The Morgan fingerprint density at radius 2 is 2.07 bits per heavy atom. The predicted molar refractivity (Wildman–Crippen MR) is 107 cm³/mol. The third kappa shape index (κ3) is 3.95. The monoisotopic (exact) mass is 378 g/mol. The van der Waals surface area contributed by atoms with Crippen LogP contribution < -0.4 is 10.6 Å². The van der Waals surface area contributed by atoms with Gasteiger partial charge in [-0.2, -0.15) is 0 Å². The number of hydrogen-bond donors (Lipinski definition) is 2. The zero-order valence-electron chi connectivity index (χ0n) is 14.7. The molecule has 4 aromatic rings. The van der Waals surface area contributed by atoms with Gasteiger partial charge in [0.15, 0.2) is 0 Å². The average Bonchev–Trinajstić information content (AvgIpc) is 3.22. The van der Waals surface area contributed by atoms with Crippen LogP contribution in [0.3, 0.4) is 0 Å². The first-order chi connectivity index (χ1) is 13.2. The normalized spacial score (nSPS) is 10.9. The molecule has 27 heavy (non-hydrogen) atoms. The molecule has 7 nitrogen and oxygen atoms in total. The van der Waals surface area contributed by atoms with Crippen molar-refractivity contribution in [2.75, 3.05) is 17.2 Å². The Labute approximate surface area is 160 Å². The summed E-state index contributed by atoms with van der Waals surface area (Å²) >= 11 is 1.51. The van der Waals surface area contributed by atoms with Crippen LogP contribution in [0.1, 0.15) is 12.5 Å². The molecule has 3 heterocycles. The number of imidazole rings is 1. The number of carbonyl (C=O) groups excluding carboxylic acids is 1. The van der Waals surface area contributed by atoms with Crippen molar-refractivity contribution in [2.45, 2.75) is 13.3 Å². The van der Waals surface area contributed by atoms with Crippen LogP contribution >= 0.6 is 11.3 Å². The molecule has 0 aliphatic rings. The van der Waals surface area contributed by atoms with Gasteiger partial charge in [0.1, 0.15) is 0 Å². The summed E-state index contributed by atoms with van der Waals surface area (Å²) in [6, 6.07) is 11.7. The van der Waals surface area contributed by atoms with Gasteiger partial charge in [-0.05, 0) is 36.2 Å². The van der Waals surface area contributed by atoms with Gasteiger partial charge in [-0.3, -0.25) is 9.78 Å². The third-order valence-electron chi connectivity index (χ3n) is 4.00. The van der Waals surface area contributed by atoms with Gasteiger partial charge in [-0.15, -0.1) is 5.10 Å². The molecule has 136 valence electrons. The summed E-state index contributed by atoms with van der Waals surface area (Å²) in [5, 5.41) is 11.6. The summed E-state index contributed by atoms with van der Waals surface area (Å²) in [6.07, 6.45) is 6.30. The van der Waals surface area contributed by atoms with Crippen molar-refractivity contribution in [2.24, 2.45) is 0 Å². The number of nitrogens with zero attached hydrogens (tertiary/aromatic N) is 4. The molecule has 0 atom stereocenters. The van der Waals surface area contributed by atoms with Gasteiger partial charge < -0.3 is 10.6 Å². The molecule has 0 radical (unpaired) electrons. The molecular formula is C19H18N6OS. The van der Waals surface area contributed by atoms with E-state index in [1.807, 2.05) is 40.9 Å². The lowest BCUT2D eigenvalue weighted by molar-refractivity contribution is -0.114. The van der Waals surface area contributed by atoms with Gasteiger partial charge in [0, 0.05) is 37.1 Å². The lowest BCUT2D eigenvalue weighted by Gasteiger charge is -2.05. The average molecular weight is 378 g/mol. The van der Waals surface area contributed by atoms with E-state index in [-0.39, 0.29) is 5.91 Å². The first kappa shape index (κ1) is 17.2. The minimum absolute atomic E-state index is 0.0973. The molecule has 3 aromatic heterocycles. The van der Waals surface area contributed by atoms with E-state index in [2.05, 4.69) is 25.7 Å². The molecule has 1 aromatic carbocycles. The minimum atomic E-state index is -0.0973. The molecule has 0 spiro atoms. The summed E-state index contributed by atoms with van der Waals surface area (Å²) in [5.74, 6) is -0.0973. The van der Waals surface area contributed by atoms with Crippen molar-refractivity contribution < 1.29 is 4.79 Å². The zero-order chi connectivity index (χ0) is 18.6. The Hall–Kier alpha value is -3.26. The van der Waals surface area contributed by atoms with E-state index in [0.29, 0.717) is 0 Å². The van der Waals surface area contributed by atoms with E-state index in [1.165, 1.54) is 23.8 Å². The van der Waals surface area contributed by atoms with E-state index in [0.717, 1.165) is 40.0 Å². The van der Waals surface area contributed by atoms with Crippen LogP contribution in [0.15, 0.2) is 55.0 Å². The molecule has 0 aliphatic carbocycles. The fourth-order valence-corrected chi connectivity index (χ4v) is 3.58. The zero-order valence-corrected chi connectivity index (χ0v) is 15.5. The van der Waals surface area contributed by atoms with Crippen LogP contribution in [0, 0.1) is 0 Å². The van der Waals surface area contributed by atoms with Crippen LogP contribution in [0.2, 0.25) is 0 Å². The Balaban J connectivity index is 1.51. The lowest BCUT2D eigenvalue weighted by atomic mass is 10.1. The molecule has 0 unspecified atom stereocenters. The Morgan fingerprint density at radius 3 is 2.89 bits per heavy atom. The minimum Gasteiger partial charge on any atom is -0.360 e. The van der Waals surface area contributed by atoms with Crippen LogP contribution in [-0.2, 0) is 11.2 Å². The lowest BCUT2D eigenvalue weighted by Crippen LogP contribution is -2.06. The first-order valence-corrected chi connectivity index (χ1v) is 9.36. The molecule has 8 heteroatoms. The van der Waals surface area contributed by atoms with Crippen LogP contribution in [0.4, 0.5) is 10.8 Å². The van der Waals surface area contributed by atoms with Crippen molar-refractivity contribution in [3.05, 3.63) is 60.6 Å². The van der Waals surface area contributed by atoms with Gasteiger partial charge in [0.2, 0.25) is 16.0 Å². The van der Waals surface area contributed by atoms with E-state index >= 15 is 0 Å². The van der Waals surface area contributed by atoms with E-state index < -0.39 is 0 Å². The highest BCUT2D eigenvalue weighted by Crippen LogP contribution is 2.27. The van der Waals surface area contributed by atoms with Gasteiger partial charge in [-0.1, -0.05) is 23.5 Å². The van der Waals surface area contributed by atoms with Gasteiger partial charge in [-0.25, -0.2) is 9.50 Å². The molecule has 4 rings (SSSR count). The summed E-state index contributed by atoms with van der Waals surface area (Å²) < 4.78 is 1.83. The fourth-order valence-electron chi connectivity index (χ4n) is 2.78. The maximum atomic E-state index is 11.3. The number of carbonyl (C=O) groups is 1. The summed E-state index contributed by atoms with van der Waals surface area (Å²) in [5.41, 5.74) is 3.81. The van der Waals surface area contributed by atoms with Crippen molar-refractivity contribution >= 4 is 33.0 Å². The second kappa shape index (κ2) is 7.55. The van der Waals surface area contributed by atoms with Gasteiger partial charge in [0.25, 0.3) is 0 Å². The Bertz CT molecular complexity index is 1070. The maximum Gasteiger partial charge on any atom is 0.221 e. The molecule has 0 saturated carbocycles. The molecule has 0 aliphatic heterocycles. The topological polar surface area (TPSA) is 84.2 Å². The second-order valence-electron chi connectivity index (χ2n) is 6.04. The predicted octanol–water partition coefficient (Wildman–Crippen LogP) is 3.47. The van der Waals surface area contributed by atoms with Crippen molar-refractivity contribution in [1.82, 2.24) is 19.6 Å². The van der Waals surface area contributed by atoms with Crippen LogP contribution in [0.5, 0.6) is 0 Å². The molecule has 1 amide bonds. The molecule has 0 fully saturated rings. The summed E-state index contributed by atoms with van der Waals surface area (Å²) in [6.45, 7) is 2.28. The number of rotatable bonds is 6. The standard InChI is InChI=1S/C19H18N6OS/c1-13(26)23-16-4-2-3-15(11-16)17-12-22-19-25(17)24-18(27-19)21-10-7-14-5-8-20-9-6-14/h2-6,8-9,11-12H,7,10H2,1H3,(H,21,24)(H,23,26). The number of aromatic nitrogens is 4. The van der Waals surface area contributed by atoms with Crippen molar-refractivity contribution in [3.8, 4) is 11.3 Å². The van der Waals surface area contributed by atoms with Gasteiger partial charge in [0.05, 0.1) is 11.9 Å². The van der Waals surface area contributed by atoms with E-state index in [4.69, 9.17) is 0 Å². The van der Waals surface area contributed by atoms with Crippen molar-refractivity contribution in [1.29, 1.82) is 0 Å². The first-order valence-electron chi connectivity index (χ1n) is 8.54. The number of nitrogens with one attached hydrogen (secondary N) is 2. The molecule has 0 saturated heterocycles. The Morgan fingerprint density at radius 1 is 1.22 bits per heavy atom. The number of pyridine rings is 1. The van der Waals surface area contributed by atoms with Crippen molar-refractivity contribution in [3.63, 3.8) is 0 Å². The Kier molecular flexibility index (Phi) is 4.80. The van der Waals surface area contributed by atoms with Crippen LogP contribution in [0.25, 0.3) is 16.2 Å². The van der Waals surface area contributed by atoms with Crippen LogP contribution in [-0.4, -0.2) is 32.0 Å². The highest BCUT2D eigenvalue weighted by Gasteiger charge is 2.12. The molecule has 2 N–H and O–H groups in total. The summed E-state index contributed by atoms with van der Waals surface area (Å²) in [4.78, 5) is 20.6. The van der Waals surface area contributed by atoms with E-state index in [1.54, 1.807) is 18.6 Å². The molecule has 0 bridgehead atoms. The summed E-state index contributed by atoms with van der Waals surface area (Å²) in [7, 11) is 0. The number of hydrogen-bond acceptors (Lipinski definition) is 6. The second-order valence-corrected chi connectivity index (χ2v) is 7.00. The van der Waals surface area contributed by atoms with E-state index in [9.17, 15) is 4.79 Å².